The van der Waals surface area contributed by atoms with Crippen molar-refractivity contribution >= 4 is 0 Å². The first-order valence-electron chi connectivity index (χ1n) is 5.50. The second kappa shape index (κ2) is 4.97. The highest BCUT2D eigenvalue weighted by Crippen LogP contribution is 2.39. The van der Waals surface area contributed by atoms with Crippen LogP contribution in [0.3, 0.4) is 0 Å². The van der Waals surface area contributed by atoms with Crippen LogP contribution in [0.2, 0.25) is 0 Å². The average molecular weight is 185 g/mol. The zero-order chi connectivity index (χ0) is 9.73. The van der Waals surface area contributed by atoms with Gasteiger partial charge < -0.3 is 10.5 Å². The van der Waals surface area contributed by atoms with Crippen LogP contribution in [0.4, 0.5) is 0 Å². The number of rotatable bonds is 5. The van der Waals surface area contributed by atoms with Gasteiger partial charge in [-0.3, -0.25) is 0 Å². The summed E-state index contributed by atoms with van der Waals surface area (Å²) < 4.78 is 5.58. The zero-order valence-electron chi connectivity index (χ0n) is 9.01. The van der Waals surface area contributed by atoms with Gasteiger partial charge in [-0.25, -0.2) is 0 Å². The molecule has 1 aliphatic rings. The van der Waals surface area contributed by atoms with E-state index in [2.05, 4.69) is 13.8 Å². The van der Waals surface area contributed by atoms with Crippen molar-refractivity contribution in [2.24, 2.45) is 11.1 Å². The van der Waals surface area contributed by atoms with E-state index in [-0.39, 0.29) is 0 Å². The Morgan fingerprint density at radius 2 is 1.92 bits per heavy atom. The van der Waals surface area contributed by atoms with E-state index < -0.39 is 0 Å². The number of hydrogen-bond donors (Lipinski definition) is 1. The monoisotopic (exact) mass is 185 g/mol. The molecule has 2 heteroatoms. The van der Waals surface area contributed by atoms with Gasteiger partial charge in [0, 0.05) is 6.61 Å². The Morgan fingerprint density at radius 3 is 2.38 bits per heavy atom. The van der Waals surface area contributed by atoms with Gasteiger partial charge in [-0.15, -0.1) is 0 Å². The van der Waals surface area contributed by atoms with Gasteiger partial charge in [0.1, 0.15) is 0 Å². The molecule has 0 radical (unpaired) electrons. The van der Waals surface area contributed by atoms with Crippen molar-refractivity contribution in [2.75, 3.05) is 13.2 Å². The molecule has 78 valence electrons. The summed E-state index contributed by atoms with van der Waals surface area (Å²) in [4.78, 5) is 0. The van der Waals surface area contributed by atoms with Crippen LogP contribution < -0.4 is 5.73 Å². The Labute approximate surface area is 81.8 Å². The van der Waals surface area contributed by atoms with E-state index >= 15 is 0 Å². The highest BCUT2D eigenvalue weighted by molar-refractivity contribution is 4.85. The van der Waals surface area contributed by atoms with Crippen molar-refractivity contribution in [3.05, 3.63) is 0 Å². The normalized spacial score (nSPS) is 21.2. The number of hydrogen-bond acceptors (Lipinski definition) is 2. The smallest absolute Gasteiger partial charge is 0.0518 e. The third-order valence-corrected chi connectivity index (χ3v) is 3.18. The Bertz CT molecular complexity index is 139. The Balaban J connectivity index is 2.23. The summed E-state index contributed by atoms with van der Waals surface area (Å²) in [6.45, 7) is 5.90. The third kappa shape index (κ3) is 3.28. The molecule has 0 atom stereocenters. The standard InChI is InChI=1S/C11H23NO/c1-10(2)13-8-7-11(9-12)5-3-4-6-11/h10H,3-9,12H2,1-2H3. The summed E-state index contributed by atoms with van der Waals surface area (Å²) in [5.41, 5.74) is 6.26. The summed E-state index contributed by atoms with van der Waals surface area (Å²) in [7, 11) is 0. The lowest BCUT2D eigenvalue weighted by Crippen LogP contribution is -2.29. The minimum Gasteiger partial charge on any atom is -0.379 e. The molecule has 2 N–H and O–H groups in total. The minimum atomic E-state index is 0.358. The first kappa shape index (κ1) is 11.0. The van der Waals surface area contributed by atoms with Gasteiger partial charge in [0.15, 0.2) is 0 Å². The molecule has 0 amide bonds. The third-order valence-electron chi connectivity index (χ3n) is 3.18. The molecule has 0 aliphatic heterocycles. The van der Waals surface area contributed by atoms with Crippen LogP contribution in [0.25, 0.3) is 0 Å². The lowest BCUT2D eigenvalue weighted by atomic mass is 9.83. The van der Waals surface area contributed by atoms with E-state index in [1.807, 2.05) is 0 Å². The van der Waals surface area contributed by atoms with E-state index in [1.54, 1.807) is 0 Å². The molecule has 1 fully saturated rings. The Hall–Kier alpha value is -0.0800. The first-order chi connectivity index (χ1) is 6.18. The van der Waals surface area contributed by atoms with Crippen LogP contribution in [0, 0.1) is 5.41 Å². The van der Waals surface area contributed by atoms with Crippen LogP contribution in [0.1, 0.15) is 46.0 Å². The van der Waals surface area contributed by atoms with Crippen molar-refractivity contribution in [2.45, 2.75) is 52.1 Å². The molecule has 13 heavy (non-hydrogen) atoms. The van der Waals surface area contributed by atoms with E-state index in [0.717, 1.165) is 19.6 Å². The second-order valence-corrected chi connectivity index (χ2v) is 4.58. The van der Waals surface area contributed by atoms with Gasteiger partial charge in [-0.05, 0) is 45.1 Å². The molecular weight excluding hydrogens is 162 g/mol. The quantitative estimate of drug-likeness (QED) is 0.713. The average Bonchev–Trinajstić information content (AvgIpc) is 2.53. The molecule has 0 spiro atoms. The molecule has 1 rings (SSSR count). The maximum Gasteiger partial charge on any atom is 0.0518 e. The molecule has 0 aromatic heterocycles. The lowest BCUT2D eigenvalue weighted by Gasteiger charge is -2.27. The fourth-order valence-corrected chi connectivity index (χ4v) is 2.19. The van der Waals surface area contributed by atoms with Crippen molar-refractivity contribution in [1.29, 1.82) is 0 Å². The number of ether oxygens (including phenoxy) is 1. The maximum atomic E-state index is 5.83. The summed E-state index contributed by atoms with van der Waals surface area (Å²) in [6, 6.07) is 0. The van der Waals surface area contributed by atoms with E-state index in [1.165, 1.54) is 25.7 Å². The van der Waals surface area contributed by atoms with Gasteiger partial charge in [0.25, 0.3) is 0 Å². The molecular formula is C11H23NO. The van der Waals surface area contributed by atoms with Crippen LogP contribution in [-0.4, -0.2) is 19.3 Å². The Kier molecular flexibility index (Phi) is 4.20. The summed E-state index contributed by atoms with van der Waals surface area (Å²) in [6.07, 6.45) is 6.85. The molecule has 0 aromatic carbocycles. The van der Waals surface area contributed by atoms with Gasteiger partial charge in [0.05, 0.1) is 6.10 Å². The van der Waals surface area contributed by atoms with Crippen LogP contribution in [0.5, 0.6) is 0 Å². The zero-order valence-corrected chi connectivity index (χ0v) is 9.01. The maximum absolute atomic E-state index is 5.83. The molecule has 0 aromatic rings. The number of nitrogens with two attached hydrogens (primary N) is 1. The van der Waals surface area contributed by atoms with E-state index in [9.17, 15) is 0 Å². The van der Waals surface area contributed by atoms with Crippen molar-refractivity contribution in [1.82, 2.24) is 0 Å². The first-order valence-corrected chi connectivity index (χ1v) is 5.50. The van der Waals surface area contributed by atoms with Crippen LogP contribution in [-0.2, 0) is 4.74 Å². The largest absolute Gasteiger partial charge is 0.379 e. The topological polar surface area (TPSA) is 35.2 Å². The fraction of sp³-hybridized carbons (Fsp3) is 1.00. The highest BCUT2D eigenvalue weighted by Gasteiger charge is 2.31. The van der Waals surface area contributed by atoms with Gasteiger partial charge in [-0.2, -0.15) is 0 Å². The molecule has 2 nitrogen and oxygen atoms in total. The molecule has 0 unspecified atom stereocenters. The fourth-order valence-electron chi connectivity index (χ4n) is 2.19. The Morgan fingerprint density at radius 1 is 1.31 bits per heavy atom. The second-order valence-electron chi connectivity index (χ2n) is 4.58. The van der Waals surface area contributed by atoms with Crippen molar-refractivity contribution < 1.29 is 4.74 Å². The van der Waals surface area contributed by atoms with Crippen LogP contribution >= 0.6 is 0 Å². The molecule has 1 aliphatic carbocycles. The lowest BCUT2D eigenvalue weighted by molar-refractivity contribution is 0.0533. The van der Waals surface area contributed by atoms with Crippen molar-refractivity contribution in [3.8, 4) is 0 Å². The predicted octanol–water partition coefficient (Wildman–Crippen LogP) is 2.32. The summed E-state index contributed by atoms with van der Waals surface area (Å²) in [5.74, 6) is 0. The van der Waals surface area contributed by atoms with Gasteiger partial charge in [0.2, 0.25) is 0 Å². The van der Waals surface area contributed by atoms with Gasteiger partial charge in [-0.1, -0.05) is 12.8 Å². The molecule has 0 heterocycles. The molecule has 0 bridgehead atoms. The SMILES string of the molecule is CC(C)OCCC1(CN)CCCC1. The minimum absolute atomic E-state index is 0.358. The van der Waals surface area contributed by atoms with Gasteiger partial charge >= 0.3 is 0 Å². The highest BCUT2D eigenvalue weighted by atomic mass is 16.5. The summed E-state index contributed by atoms with van der Waals surface area (Å²) >= 11 is 0. The summed E-state index contributed by atoms with van der Waals surface area (Å²) in [5, 5.41) is 0. The van der Waals surface area contributed by atoms with Crippen LogP contribution in [0.15, 0.2) is 0 Å². The van der Waals surface area contributed by atoms with E-state index in [0.29, 0.717) is 11.5 Å². The predicted molar refractivity (Wildman–Crippen MR) is 55.7 cm³/mol. The molecule has 0 saturated heterocycles. The molecule has 1 saturated carbocycles. The van der Waals surface area contributed by atoms with E-state index in [4.69, 9.17) is 10.5 Å². The van der Waals surface area contributed by atoms with Crippen molar-refractivity contribution in [3.63, 3.8) is 0 Å².